The van der Waals surface area contributed by atoms with Gasteiger partial charge in [-0.05, 0) is 161 Å². The predicted molar refractivity (Wildman–Crippen MR) is 236 cm³/mol. The Morgan fingerprint density at radius 2 is 0.917 bits per heavy atom. The smallest absolute Gasteiger partial charge is 0.331 e. The topological polar surface area (TPSA) is 148 Å². The molecule has 10 nitrogen and oxygen atoms in total. The third kappa shape index (κ3) is 7.10. The van der Waals surface area contributed by atoms with Crippen LogP contribution in [0.3, 0.4) is 0 Å². The fourth-order valence-electron chi connectivity index (χ4n) is 17.3. The molecule has 0 spiro atoms. The summed E-state index contributed by atoms with van der Waals surface area (Å²) in [7, 11) is 0. The van der Waals surface area contributed by atoms with Crippen molar-refractivity contribution in [2.45, 2.75) is 170 Å². The number of rotatable bonds is 10. The Morgan fingerprint density at radius 3 is 1.30 bits per heavy atom. The van der Waals surface area contributed by atoms with Crippen LogP contribution in [0.2, 0.25) is 0 Å². The highest BCUT2D eigenvalue weighted by molar-refractivity contribution is 5.92. The Kier molecular flexibility index (Phi) is 12.0. The van der Waals surface area contributed by atoms with Crippen LogP contribution in [0, 0.1) is 79.8 Å². The number of nitrogens with two attached hydrogens (primary N) is 2. The van der Waals surface area contributed by atoms with Crippen LogP contribution < -0.4 is 11.5 Å². The first-order valence-corrected chi connectivity index (χ1v) is 24.3. The molecule has 0 aliphatic heterocycles. The fraction of sp³-hybridized carbons (Fsp3) is 0.880. The van der Waals surface area contributed by atoms with Crippen molar-refractivity contribution in [3.05, 3.63) is 12.2 Å². The maximum atomic E-state index is 13.4. The van der Waals surface area contributed by atoms with Gasteiger partial charge >= 0.3 is 11.9 Å². The summed E-state index contributed by atoms with van der Waals surface area (Å²) >= 11 is 0. The summed E-state index contributed by atoms with van der Waals surface area (Å²) in [5, 5.41) is 9.22. The average molecular weight is 833 g/mol. The molecule has 0 amide bonds. The molecule has 4 N–H and O–H groups in total. The van der Waals surface area contributed by atoms with Crippen molar-refractivity contribution in [2.75, 3.05) is 26.3 Å². The number of nitrogens with zero attached hydrogens (tertiary/aromatic N) is 2. The Morgan fingerprint density at radius 1 is 0.533 bits per heavy atom. The van der Waals surface area contributed by atoms with Gasteiger partial charge in [0.05, 0.1) is 11.4 Å². The summed E-state index contributed by atoms with van der Waals surface area (Å²) in [5.74, 6) is 4.05. The van der Waals surface area contributed by atoms with E-state index in [2.05, 4.69) is 65.7 Å². The Labute approximate surface area is 361 Å². The molecule has 8 rings (SSSR count). The minimum Gasteiger partial charge on any atom is -0.459 e. The van der Waals surface area contributed by atoms with Gasteiger partial charge in [-0.3, -0.25) is 0 Å². The van der Waals surface area contributed by atoms with E-state index in [9.17, 15) is 9.59 Å². The molecule has 8 aliphatic rings. The Bertz CT molecular complexity index is 1600. The van der Waals surface area contributed by atoms with E-state index in [0.717, 1.165) is 64.2 Å². The zero-order valence-corrected chi connectivity index (χ0v) is 38.6. The van der Waals surface area contributed by atoms with Crippen LogP contribution in [0.25, 0.3) is 0 Å². The number of carbonyl (C=O) groups excluding carboxylic acids is 2. The molecule has 8 aliphatic carbocycles. The standard InChI is InChI=1S/C50H80N4O6/c1-45(2)37-13-9-31-33-11-15-41(49(33,7)23-19-35(31)47(37,5)25-21-39(45)53-57-29-27-51)59-43(55)17-18-44(56)60-42-16-12-34-32-10-14-38-46(3,4)40(54-58-30-28-52)22-26-48(38,6)36(32)20-24-50(34,42)8/h17-18,31-38,41-42H,9-16,19-30,51-52H2,1-8H3/b18-17+,53-39+,54-40+/t31-,32-,33-,34-,35+,36+,37?,38?,41?,42?,47+,48+,49-,50-/m0/s1. The molecule has 0 saturated heterocycles. The number of esters is 2. The molecule has 10 heteroatoms. The summed E-state index contributed by atoms with van der Waals surface area (Å²) in [6, 6.07) is 0. The molecular formula is C50H80N4O6. The third-order valence-electron chi connectivity index (χ3n) is 20.2. The van der Waals surface area contributed by atoms with Crippen LogP contribution in [-0.4, -0.2) is 61.9 Å². The molecule has 0 bridgehead atoms. The van der Waals surface area contributed by atoms with E-state index >= 15 is 0 Å². The van der Waals surface area contributed by atoms with Gasteiger partial charge in [-0.1, -0.05) is 65.7 Å². The summed E-state index contributed by atoms with van der Waals surface area (Å²) in [6.45, 7) is 21.3. The quantitative estimate of drug-likeness (QED) is 0.0958. The highest BCUT2D eigenvalue weighted by Gasteiger charge is 2.65. The summed E-state index contributed by atoms with van der Waals surface area (Å²) < 4.78 is 12.6. The molecule has 8 saturated carbocycles. The number of ether oxygens (including phenoxy) is 2. The van der Waals surface area contributed by atoms with E-state index in [0.29, 0.717) is 73.6 Å². The number of oxime groups is 2. The van der Waals surface area contributed by atoms with Crippen molar-refractivity contribution in [1.82, 2.24) is 0 Å². The van der Waals surface area contributed by atoms with Gasteiger partial charge < -0.3 is 30.6 Å². The van der Waals surface area contributed by atoms with Crippen LogP contribution in [-0.2, 0) is 28.7 Å². The van der Waals surface area contributed by atoms with E-state index in [-0.39, 0.29) is 44.7 Å². The Hall–Kier alpha value is -2.46. The first-order valence-electron chi connectivity index (χ1n) is 24.3. The molecule has 4 unspecified atom stereocenters. The second-order valence-electron chi connectivity index (χ2n) is 23.2. The van der Waals surface area contributed by atoms with Crippen molar-refractivity contribution in [3.63, 3.8) is 0 Å². The zero-order chi connectivity index (χ0) is 42.9. The van der Waals surface area contributed by atoms with Crippen LogP contribution in [0.1, 0.15) is 158 Å². The molecule has 60 heavy (non-hydrogen) atoms. The third-order valence-corrected chi connectivity index (χ3v) is 20.2. The number of carbonyl (C=O) groups is 2. The van der Waals surface area contributed by atoms with Crippen molar-refractivity contribution in [3.8, 4) is 0 Å². The SMILES string of the molecule is CC1(C)/C(=N/OCCN)CC[C@@]2(C)C1CC[C@@H]1[C@H]2CC[C@]2(C)C(OC(=O)/C=C/C(=O)OC3CC[C@H]4[C@@H]5CCC6C(C)(C)/C(=N/OCCN)CC[C@]6(C)[C@@H]5CC[C@]34C)CC[C@@H]12. The van der Waals surface area contributed by atoms with E-state index in [4.69, 9.17) is 30.6 Å². The van der Waals surface area contributed by atoms with Crippen LogP contribution in [0.4, 0.5) is 0 Å². The van der Waals surface area contributed by atoms with Gasteiger partial charge in [-0.25, -0.2) is 9.59 Å². The lowest BCUT2D eigenvalue weighted by atomic mass is 9.41. The lowest BCUT2D eigenvalue weighted by molar-refractivity contribution is -0.162. The largest absolute Gasteiger partial charge is 0.459 e. The number of hydrogen-bond donors (Lipinski definition) is 2. The maximum Gasteiger partial charge on any atom is 0.331 e. The molecule has 336 valence electrons. The van der Waals surface area contributed by atoms with E-state index < -0.39 is 11.9 Å². The first kappa shape index (κ1) is 44.2. The summed E-state index contributed by atoms with van der Waals surface area (Å²) in [6.07, 6.45) is 20.1. The van der Waals surface area contributed by atoms with Crippen LogP contribution >= 0.6 is 0 Å². The second kappa shape index (κ2) is 16.3. The summed E-state index contributed by atoms with van der Waals surface area (Å²) in [5.41, 5.74) is 14.2. The Balaban J connectivity index is 0.856. The molecule has 0 aromatic rings. The fourth-order valence-corrected chi connectivity index (χ4v) is 17.3. The van der Waals surface area contributed by atoms with Gasteiger partial charge in [0.25, 0.3) is 0 Å². The lowest BCUT2D eigenvalue weighted by Gasteiger charge is -2.63. The molecule has 0 aromatic heterocycles. The highest BCUT2D eigenvalue weighted by atomic mass is 16.6. The minimum absolute atomic E-state index is 0.00179. The van der Waals surface area contributed by atoms with E-state index in [1.54, 1.807) is 0 Å². The first-order chi connectivity index (χ1) is 28.4. The van der Waals surface area contributed by atoms with Crippen molar-refractivity contribution in [1.29, 1.82) is 0 Å². The number of fused-ring (bicyclic) bond motifs is 10. The van der Waals surface area contributed by atoms with Crippen LogP contribution in [0.5, 0.6) is 0 Å². The minimum atomic E-state index is -0.412. The zero-order valence-electron chi connectivity index (χ0n) is 38.6. The molecule has 0 radical (unpaired) electrons. The number of hydrogen-bond acceptors (Lipinski definition) is 10. The monoisotopic (exact) mass is 833 g/mol. The van der Waals surface area contributed by atoms with Gasteiger partial charge in [0, 0.05) is 46.9 Å². The van der Waals surface area contributed by atoms with Crippen molar-refractivity contribution in [2.24, 2.45) is 102 Å². The van der Waals surface area contributed by atoms with Crippen molar-refractivity contribution >= 4 is 23.4 Å². The van der Waals surface area contributed by atoms with Gasteiger partial charge in [0.1, 0.15) is 25.4 Å². The highest BCUT2D eigenvalue weighted by Crippen LogP contribution is 2.70. The molecule has 0 aromatic carbocycles. The maximum absolute atomic E-state index is 13.4. The van der Waals surface area contributed by atoms with Crippen molar-refractivity contribution < 1.29 is 28.7 Å². The normalized spacial score (nSPS) is 46.4. The average Bonchev–Trinajstić information content (AvgIpc) is 3.71. The summed E-state index contributed by atoms with van der Waals surface area (Å²) in [4.78, 5) is 38.1. The lowest BCUT2D eigenvalue weighted by Crippen LogP contribution is -2.58. The van der Waals surface area contributed by atoms with E-state index in [1.807, 2.05) is 0 Å². The van der Waals surface area contributed by atoms with E-state index in [1.165, 1.54) is 62.1 Å². The molecule has 8 fully saturated rings. The van der Waals surface area contributed by atoms with Gasteiger partial charge in [-0.15, -0.1) is 0 Å². The van der Waals surface area contributed by atoms with Gasteiger partial charge in [0.15, 0.2) is 0 Å². The second-order valence-corrected chi connectivity index (χ2v) is 23.2. The van der Waals surface area contributed by atoms with Crippen LogP contribution in [0.15, 0.2) is 22.5 Å². The van der Waals surface area contributed by atoms with Gasteiger partial charge in [-0.2, -0.15) is 0 Å². The molecular weight excluding hydrogens is 753 g/mol. The molecule has 14 atom stereocenters. The molecule has 0 heterocycles. The van der Waals surface area contributed by atoms with Gasteiger partial charge in [0.2, 0.25) is 0 Å². The predicted octanol–water partition coefficient (Wildman–Crippen LogP) is 9.39.